The first-order valence-corrected chi connectivity index (χ1v) is 5.81. The molecule has 0 saturated heterocycles. The van der Waals surface area contributed by atoms with Crippen LogP contribution in [-0.4, -0.2) is 16.5 Å². The summed E-state index contributed by atoms with van der Waals surface area (Å²) < 4.78 is 37.3. The number of halogens is 4. The van der Waals surface area contributed by atoms with Gasteiger partial charge in [0, 0.05) is 12.6 Å². The summed E-state index contributed by atoms with van der Waals surface area (Å²) in [6.07, 6.45) is -3.79. The summed E-state index contributed by atoms with van der Waals surface area (Å²) in [7, 11) is 0. The van der Waals surface area contributed by atoms with Crippen molar-refractivity contribution in [2.45, 2.75) is 33.4 Å². The third kappa shape index (κ3) is 5.08. The Morgan fingerprint density at radius 2 is 1.83 bits per heavy atom. The van der Waals surface area contributed by atoms with Crippen molar-refractivity contribution < 1.29 is 13.2 Å². The van der Waals surface area contributed by atoms with Crippen molar-refractivity contribution in [3.63, 3.8) is 0 Å². The summed E-state index contributed by atoms with van der Waals surface area (Å²) in [4.78, 5) is 6.54. The standard InChI is InChI=1S/C11H15ClF3N3/c1-10(2,3)4-5-16-8-6-7(12)17-9(18-8)11(13,14)15/h6H,4-5H2,1-3H3,(H,16,17,18). The van der Waals surface area contributed by atoms with E-state index in [0.29, 0.717) is 6.54 Å². The van der Waals surface area contributed by atoms with E-state index >= 15 is 0 Å². The fraction of sp³-hybridized carbons (Fsp3) is 0.636. The molecule has 0 aliphatic heterocycles. The molecule has 0 aliphatic carbocycles. The highest BCUT2D eigenvalue weighted by molar-refractivity contribution is 6.29. The van der Waals surface area contributed by atoms with Crippen LogP contribution in [0.5, 0.6) is 0 Å². The normalized spacial score (nSPS) is 12.6. The van der Waals surface area contributed by atoms with Gasteiger partial charge >= 0.3 is 6.18 Å². The monoisotopic (exact) mass is 281 g/mol. The van der Waals surface area contributed by atoms with E-state index in [9.17, 15) is 13.2 Å². The van der Waals surface area contributed by atoms with Crippen LogP contribution in [0.4, 0.5) is 19.0 Å². The predicted octanol–water partition coefficient (Wildman–Crippen LogP) is 4.00. The van der Waals surface area contributed by atoms with Crippen LogP contribution in [0.15, 0.2) is 6.07 Å². The van der Waals surface area contributed by atoms with Gasteiger partial charge in [0.05, 0.1) is 0 Å². The van der Waals surface area contributed by atoms with Gasteiger partial charge in [-0.2, -0.15) is 13.2 Å². The topological polar surface area (TPSA) is 37.8 Å². The van der Waals surface area contributed by atoms with Crippen LogP contribution in [0, 0.1) is 5.41 Å². The molecule has 7 heteroatoms. The van der Waals surface area contributed by atoms with Crippen molar-refractivity contribution in [2.75, 3.05) is 11.9 Å². The Morgan fingerprint density at radius 1 is 1.22 bits per heavy atom. The Bertz CT molecular complexity index is 413. The molecule has 0 unspecified atom stereocenters. The van der Waals surface area contributed by atoms with Crippen molar-refractivity contribution in [3.8, 4) is 0 Å². The third-order valence-corrected chi connectivity index (χ3v) is 2.32. The highest BCUT2D eigenvalue weighted by Gasteiger charge is 2.35. The first kappa shape index (κ1) is 15.0. The Morgan fingerprint density at radius 3 is 2.33 bits per heavy atom. The molecule has 0 fully saturated rings. The summed E-state index contributed by atoms with van der Waals surface area (Å²) in [5, 5.41) is 2.59. The average Bonchev–Trinajstić information content (AvgIpc) is 2.13. The van der Waals surface area contributed by atoms with Gasteiger partial charge in [-0.15, -0.1) is 0 Å². The van der Waals surface area contributed by atoms with E-state index in [1.165, 1.54) is 6.07 Å². The van der Waals surface area contributed by atoms with Gasteiger partial charge in [-0.1, -0.05) is 32.4 Å². The molecule has 0 saturated carbocycles. The van der Waals surface area contributed by atoms with Crippen LogP contribution >= 0.6 is 11.6 Å². The summed E-state index contributed by atoms with van der Waals surface area (Å²) in [5.74, 6) is -1.14. The van der Waals surface area contributed by atoms with Gasteiger partial charge in [0.2, 0.25) is 5.82 Å². The number of alkyl halides is 3. The second-order valence-electron chi connectivity index (χ2n) is 5.13. The highest BCUT2D eigenvalue weighted by atomic mass is 35.5. The van der Waals surface area contributed by atoms with E-state index in [1.807, 2.05) is 20.8 Å². The van der Waals surface area contributed by atoms with Gasteiger partial charge in [-0.3, -0.25) is 0 Å². The smallest absolute Gasteiger partial charge is 0.370 e. The van der Waals surface area contributed by atoms with Gasteiger partial charge in [-0.05, 0) is 11.8 Å². The fourth-order valence-electron chi connectivity index (χ4n) is 1.20. The highest BCUT2D eigenvalue weighted by Crippen LogP contribution is 2.28. The summed E-state index contributed by atoms with van der Waals surface area (Å²) in [6, 6.07) is 1.28. The van der Waals surface area contributed by atoms with Gasteiger partial charge < -0.3 is 5.32 Å². The molecule has 1 aromatic heterocycles. The molecule has 0 spiro atoms. The SMILES string of the molecule is CC(C)(C)CCNc1cc(Cl)nc(C(F)(F)F)n1. The van der Waals surface area contributed by atoms with Gasteiger partial charge in [0.1, 0.15) is 11.0 Å². The predicted molar refractivity (Wildman–Crippen MR) is 64.6 cm³/mol. The van der Waals surface area contributed by atoms with Crippen LogP contribution in [0.3, 0.4) is 0 Å². The second-order valence-corrected chi connectivity index (χ2v) is 5.52. The Labute approximate surface area is 109 Å². The molecule has 3 nitrogen and oxygen atoms in total. The zero-order valence-corrected chi connectivity index (χ0v) is 11.2. The lowest BCUT2D eigenvalue weighted by atomic mass is 9.92. The molecule has 0 amide bonds. The van der Waals surface area contributed by atoms with Crippen LogP contribution in [-0.2, 0) is 6.18 Å². The molecule has 1 N–H and O–H groups in total. The molecule has 102 valence electrons. The van der Waals surface area contributed by atoms with Gasteiger partial charge in [-0.25, -0.2) is 9.97 Å². The minimum absolute atomic E-state index is 0.0894. The fourth-order valence-corrected chi connectivity index (χ4v) is 1.38. The summed E-state index contributed by atoms with van der Waals surface area (Å²) in [6.45, 7) is 6.66. The molecule has 18 heavy (non-hydrogen) atoms. The van der Waals surface area contributed by atoms with Crippen LogP contribution in [0.25, 0.3) is 0 Å². The molecule has 0 bridgehead atoms. The Hall–Kier alpha value is -1.04. The van der Waals surface area contributed by atoms with Crippen molar-refractivity contribution in [2.24, 2.45) is 5.41 Å². The Kier molecular flexibility index (Phi) is 4.42. The van der Waals surface area contributed by atoms with E-state index in [0.717, 1.165) is 6.42 Å². The summed E-state index contributed by atoms with van der Waals surface area (Å²) >= 11 is 5.53. The molecule has 0 aliphatic rings. The molecule has 1 aromatic rings. The first-order chi connectivity index (χ1) is 8.08. The van der Waals surface area contributed by atoms with Crippen molar-refractivity contribution in [3.05, 3.63) is 17.0 Å². The molecular weight excluding hydrogens is 267 g/mol. The number of nitrogens with zero attached hydrogens (tertiary/aromatic N) is 2. The number of aromatic nitrogens is 2. The van der Waals surface area contributed by atoms with Crippen molar-refractivity contribution in [1.29, 1.82) is 0 Å². The number of hydrogen-bond donors (Lipinski definition) is 1. The lowest BCUT2D eigenvalue weighted by Crippen LogP contribution is -2.16. The van der Waals surface area contributed by atoms with E-state index in [2.05, 4.69) is 15.3 Å². The third-order valence-electron chi connectivity index (χ3n) is 2.13. The zero-order chi connectivity index (χ0) is 14.0. The largest absolute Gasteiger partial charge is 0.451 e. The van der Waals surface area contributed by atoms with Crippen molar-refractivity contribution in [1.82, 2.24) is 9.97 Å². The van der Waals surface area contributed by atoms with E-state index in [-0.39, 0.29) is 16.4 Å². The van der Waals surface area contributed by atoms with E-state index in [1.54, 1.807) is 0 Å². The molecular formula is C11H15ClF3N3. The molecule has 0 radical (unpaired) electrons. The lowest BCUT2D eigenvalue weighted by molar-refractivity contribution is -0.144. The maximum atomic E-state index is 12.4. The average molecular weight is 282 g/mol. The van der Waals surface area contributed by atoms with E-state index < -0.39 is 12.0 Å². The number of nitrogens with one attached hydrogen (secondary N) is 1. The minimum Gasteiger partial charge on any atom is -0.370 e. The lowest BCUT2D eigenvalue weighted by Gasteiger charge is -2.18. The molecule has 0 aromatic carbocycles. The van der Waals surface area contributed by atoms with Crippen LogP contribution < -0.4 is 5.32 Å². The number of anilines is 1. The maximum Gasteiger partial charge on any atom is 0.451 e. The quantitative estimate of drug-likeness (QED) is 0.851. The molecule has 1 rings (SSSR count). The molecule has 0 atom stereocenters. The van der Waals surface area contributed by atoms with Gasteiger partial charge in [0.15, 0.2) is 0 Å². The number of hydrogen-bond acceptors (Lipinski definition) is 3. The van der Waals surface area contributed by atoms with Crippen molar-refractivity contribution >= 4 is 17.4 Å². The summed E-state index contributed by atoms with van der Waals surface area (Å²) in [5.41, 5.74) is 0.0939. The number of rotatable bonds is 3. The maximum absolute atomic E-state index is 12.4. The Balaban J connectivity index is 2.75. The first-order valence-electron chi connectivity index (χ1n) is 5.43. The molecule has 1 heterocycles. The van der Waals surface area contributed by atoms with Crippen LogP contribution in [0.2, 0.25) is 5.15 Å². The minimum atomic E-state index is -4.59. The second kappa shape index (κ2) is 5.30. The van der Waals surface area contributed by atoms with Crippen LogP contribution in [0.1, 0.15) is 33.0 Å². The van der Waals surface area contributed by atoms with E-state index in [4.69, 9.17) is 11.6 Å². The zero-order valence-electron chi connectivity index (χ0n) is 10.4. The van der Waals surface area contributed by atoms with Gasteiger partial charge in [0.25, 0.3) is 0 Å².